The lowest BCUT2D eigenvalue weighted by Gasteiger charge is -2.35. The first kappa shape index (κ1) is 19.4. The van der Waals surface area contributed by atoms with Crippen molar-refractivity contribution in [2.45, 2.75) is 31.8 Å². The molecule has 6 nitrogen and oxygen atoms in total. The van der Waals surface area contributed by atoms with Gasteiger partial charge in [0.05, 0.1) is 19.3 Å². The Morgan fingerprint density at radius 2 is 1.89 bits per heavy atom. The van der Waals surface area contributed by atoms with Crippen molar-refractivity contribution >= 4 is 22.9 Å². The van der Waals surface area contributed by atoms with Crippen LogP contribution in [0.1, 0.15) is 41.2 Å². The molecule has 3 heterocycles. The SMILES string of the molecule is C[C@H](NC1CCN(c2ccc(C(=O)N3CCOCC3)cc2)CC1)c1nccs1. The number of benzene rings is 1. The van der Waals surface area contributed by atoms with Gasteiger partial charge in [-0.3, -0.25) is 4.79 Å². The zero-order valence-electron chi connectivity index (χ0n) is 16.3. The monoisotopic (exact) mass is 400 g/mol. The van der Waals surface area contributed by atoms with Crippen LogP contribution in [0.5, 0.6) is 0 Å². The van der Waals surface area contributed by atoms with Crippen LogP contribution in [0.3, 0.4) is 0 Å². The second-order valence-corrected chi connectivity index (χ2v) is 8.40. The third-order valence-corrected chi connectivity index (χ3v) is 6.54. The zero-order valence-corrected chi connectivity index (χ0v) is 17.2. The van der Waals surface area contributed by atoms with E-state index in [0.717, 1.165) is 36.5 Å². The third-order valence-electron chi connectivity index (χ3n) is 5.58. The number of rotatable bonds is 5. The quantitative estimate of drug-likeness (QED) is 0.836. The lowest BCUT2D eigenvalue weighted by Crippen LogP contribution is -2.43. The number of hydrogen-bond donors (Lipinski definition) is 1. The Kier molecular flexibility index (Phi) is 6.24. The standard InChI is InChI=1S/C21H28N4O2S/c1-16(20-22-8-15-28-20)23-18-6-9-24(10-7-18)19-4-2-17(3-5-19)21(26)25-11-13-27-14-12-25/h2-5,8,15-16,18,23H,6-7,9-14H2,1H3/t16-/m0/s1. The molecule has 1 aromatic carbocycles. The highest BCUT2D eigenvalue weighted by Gasteiger charge is 2.23. The van der Waals surface area contributed by atoms with E-state index in [9.17, 15) is 4.79 Å². The highest BCUT2D eigenvalue weighted by Crippen LogP contribution is 2.23. The van der Waals surface area contributed by atoms with Crippen LogP contribution >= 0.6 is 11.3 Å². The molecule has 1 aromatic heterocycles. The molecule has 0 radical (unpaired) electrons. The number of piperidine rings is 1. The Hall–Kier alpha value is -1.96. The molecule has 7 heteroatoms. The van der Waals surface area contributed by atoms with E-state index < -0.39 is 0 Å². The fourth-order valence-electron chi connectivity index (χ4n) is 3.94. The van der Waals surface area contributed by atoms with Crippen molar-refractivity contribution < 1.29 is 9.53 Å². The molecule has 1 amide bonds. The summed E-state index contributed by atoms with van der Waals surface area (Å²) < 4.78 is 5.33. The smallest absolute Gasteiger partial charge is 0.254 e. The van der Waals surface area contributed by atoms with Crippen LogP contribution in [-0.2, 0) is 4.74 Å². The summed E-state index contributed by atoms with van der Waals surface area (Å²) >= 11 is 1.71. The summed E-state index contributed by atoms with van der Waals surface area (Å²) in [4.78, 5) is 21.3. The largest absolute Gasteiger partial charge is 0.378 e. The molecule has 0 spiro atoms. The van der Waals surface area contributed by atoms with E-state index >= 15 is 0 Å². The summed E-state index contributed by atoms with van der Waals surface area (Å²) in [5.41, 5.74) is 1.96. The Labute approximate surface area is 170 Å². The predicted octanol–water partition coefficient (Wildman–Crippen LogP) is 2.94. The molecule has 150 valence electrons. The van der Waals surface area contributed by atoms with Gasteiger partial charge in [0, 0.05) is 55.0 Å². The number of aromatic nitrogens is 1. The fraction of sp³-hybridized carbons (Fsp3) is 0.524. The molecule has 2 aliphatic heterocycles. The second kappa shape index (κ2) is 9.03. The van der Waals surface area contributed by atoms with Gasteiger partial charge in [-0.2, -0.15) is 0 Å². The fourth-order valence-corrected chi connectivity index (χ4v) is 4.60. The van der Waals surface area contributed by atoms with Gasteiger partial charge >= 0.3 is 0 Å². The van der Waals surface area contributed by atoms with Gasteiger partial charge in [0.15, 0.2) is 0 Å². The number of hydrogen-bond acceptors (Lipinski definition) is 6. The van der Waals surface area contributed by atoms with Crippen molar-refractivity contribution in [2.24, 2.45) is 0 Å². The molecule has 2 aliphatic rings. The average Bonchev–Trinajstić information content (AvgIpc) is 3.30. The van der Waals surface area contributed by atoms with Crippen LogP contribution in [0.2, 0.25) is 0 Å². The van der Waals surface area contributed by atoms with Crippen molar-refractivity contribution in [2.75, 3.05) is 44.3 Å². The van der Waals surface area contributed by atoms with Crippen LogP contribution in [0.15, 0.2) is 35.8 Å². The molecular weight excluding hydrogens is 372 g/mol. The number of ether oxygens (including phenoxy) is 1. The lowest BCUT2D eigenvalue weighted by atomic mass is 10.0. The molecule has 0 saturated carbocycles. The molecular formula is C21H28N4O2S. The minimum Gasteiger partial charge on any atom is -0.378 e. The number of nitrogens with one attached hydrogen (secondary N) is 1. The number of amides is 1. The molecule has 0 aliphatic carbocycles. The Morgan fingerprint density at radius 1 is 1.18 bits per heavy atom. The van der Waals surface area contributed by atoms with Crippen LogP contribution in [0.25, 0.3) is 0 Å². The molecule has 2 aromatic rings. The van der Waals surface area contributed by atoms with Gasteiger partial charge in [0.2, 0.25) is 0 Å². The third kappa shape index (κ3) is 4.54. The van der Waals surface area contributed by atoms with Crippen molar-refractivity contribution in [3.05, 3.63) is 46.4 Å². The maximum Gasteiger partial charge on any atom is 0.254 e. The van der Waals surface area contributed by atoms with E-state index in [-0.39, 0.29) is 5.91 Å². The van der Waals surface area contributed by atoms with Gasteiger partial charge in [0.25, 0.3) is 5.91 Å². The number of nitrogens with zero attached hydrogens (tertiary/aromatic N) is 3. The molecule has 1 N–H and O–H groups in total. The van der Waals surface area contributed by atoms with Crippen LogP contribution in [0.4, 0.5) is 5.69 Å². The van der Waals surface area contributed by atoms with E-state index in [1.54, 1.807) is 11.3 Å². The first-order valence-electron chi connectivity index (χ1n) is 10.1. The topological polar surface area (TPSA) is 57.7 Å². The van der Waals surface area contributed by atoms with Crippen molar-refractivity contribution in [1.82, 2.24) is 15.2 Å². The Balaban J connectivity index is 1.29. The van der Waals surface area contributed by atoms with Gasteiger partial charge in [-0.15, -0.1) is 11.3 Å². The number of thiazole rings is 1. The Morgan fingerprint density at radius 3 is 2.54 bits per heavy atom. The summed E-state index contributed by atoms with van der Waals surface area (Å²) in [5.74, 6) is 0.105. The van der Waals surface area contributed by atoms with Crippen LogP contribution in [0, 0.1) is 0 Å². The maximum atomic E-state index is 12.6. The maximum absolute atomic E-state index is 12.6. The van der Waals surface area contributed by atoms with Crippen LogP contribution in [-0.4, -0.2) is 61.2 Å². The Bertz CT molecular complexity index is 751. The molecule has 4 rings (SSSR count). The molecule has 1 atom stereocenters. The number of carbonyl (C=O) groups is 1. The van der Waals surface area contributed by atoms with Crippen molar-refractivity contribution in [3.8, 4) is 0 Å². The second-order valence-electron chi connectivity index (χ2n) is 7.47. The van der Waals surface area contributed by atoms with Gasteiger partial charge in [-0.1, -0.05) is 0 Å². The highest BCUT2D eigenvalue weighted by atomic mass is 32.1. The average molecular weight is 401 g/mol. The minimum absolute atomic E-state index is 0.105. The molecule has 0 bridgehead atoms. The predicted molar refractivity (Wildman–Crippen MR) is 112 cm³/mol. The minimum atomic E-state index is 0.105. The number of carbonyl (C=O) groups excluding carboxylic acids is 1. The summed E-state index contributed by atoms with van der Waals surface area (Å²) in [6, 6.07) is 8.92. The number of morpholine rings is 1. The number of anilines is 1. The van der Waals surface area contributed by atoms with Gasteiger partial charge in [-0.05, 0) is 44.0 Å². The molecule has 0 unspecified atom stereocenters. The zero-order chi connectivity index (χ0) is 19.3. The van der Waals surface area contributed by atoms with Gasteiger partial charge in [-0.25, -0.2) is 4.98 Å². The molecule has 28 heavy (non-hydrogen) atoms. The summed E-state index contributed by atoms with van der Waals surface area (Å²) in [7, 11) is 0. The lowest BCUT2D eigenvalue weighted by molar-refractivity contribution is 0.0303. The van der Waals surface area contributed by atoms with Gasteiger partial charge in [0.1, 0.15) is 5.01 Å². The first-order chi connectivity index (χ1) is 13.7. The van der Waals surface area contributed by atoms with Gasteiger partial charge < -0.3 is 19.9 Å². The van der Waals surface area contributed by atoms with E-state index in [2.05, 4.69) is 34.3 Å². The van der Waals surface area contributed by atoms with E-state index in [0.29, 0.717) is 38.4 Å². The first-order valence-corrected chi connectivity index (χ1v) is 11.0. The normalized spacial score (nSPS) is 19.6. The highest BCUT2D eigenvalue weighted by molar-refractivity contribution is 7.09. The summed E-state index contributed by atoms with van der Waals surface area (Å²) in [6.45, 7) is 6.87. The van der Waals surface area contributed by atoms with Crippen molar-refractivity contribution in [1.29, 1.82) is 0 Å². The summed E-state index contributed by atoms with van der Waals surface area (Å²) in [6.07, 6.45) is 4.10. The summed E-state index contributed by atoms with van der Waals surface area (Å²) in [5, 5.41) is 6.90. The van der Waals surface area contributed by atoms with E-state index in [1.807, 2.05) is 28.6 Å². The molecule has 2 saturated heterocycles. The van der Waals surface area contributed by atoms with E-state index in [1.165, 1.54) is 5.69 Å². The van der Waals surface area contributed by atoms with Crippen molar-refractivity contribution in [3.63, 3.8) is 0 Å². The van der Waals surface area contributed by atoms with E-state index in [4.69, 9.17) is 4.74 Å². The van der Waals surface area contributed by atoms with Crippen LogP contribution < -0.4 is 10.2 Å². The molecule has 2 fully saturated rings.